The number of hydrogen-bond acceptors (Lipinski definition) is 29. The van der Waals surface area contributed by atoms with Gasteiger partial charge in [-0.3, -0.25) is 29.3 Å². The minimum absolute atomic E-state index is 0.0916. The molecule has 6 N–H and O–H groups in total. The van der Waals surface area contributed by atoms with Gasteiger partial charge >= 0.3 is 5.97 Å². The smallest absolute Gasteiger partial charge is 0.339 e. The van der Waals surface area contributed by atoms with Gasteiger partial charge in [0.1, 0.15) is 39.5 Å². The highest BCUT2D eigenvalue weighted by atomic mass is 32.2. The number of Topliss-reactive ketones (excluding diaryl/α,β-unsaturated/α-hetero) is 1. The van der Waals surface area contributed by atoms with Gasteiger partial charge in [-0.1, -0.05) is 0 Å². The van der Waals surface area contributed by atoms with Crippen molar-refractivity contribution in [2.45, 2.75) is 39.5 Å². The van der Waals surface area contributed by atoms with Crippen LogP contribution in [0.3, 0.4) is 0 Å². The molecule has 12 aromatic rings. The number of carboxylic acid groups (broad SMARTS) is 1. The number of carboxylic acids is 1. The number of pyridine rings is 4. The molecule has 0 aliphatic heterocycles. The summed E-state index contributed by atoms with van der Waals surface area (Å²) >= 11 is 4.35. The number of ketones is 1. The first kappa shape index (κ1) is 67.5. The summed E-state index contributed by atoms with van der Waals surface area (Å²) in [6.07, 6.45) is 6.36. The van der Waals surface area contributed by atoms with Crippen LogP contribution in [0.4, 0.5) is 65.5 Å². The van der Waals surface area contributed by atoms with E-state index < -0.39 is 26.7 Å². The third kappa shape index (κ3) is 14.9. The number of fused-ring (bicyclic) bond motifs is 4. The average molecular weight is 1370 g/mol. The number of carbonyl (C=O) groups excluding carboxylic acids is 1. The summed E-state index contributed by atoms with van der Waals surface area (Å²) in [5.74, 6) is -2.64. The standard InChI is InChI=1S/C16H11N5O2S.C15H8N6OS.C15H9N5O3S.C14H9N5O4S2/c1-8-14(17-3)15-12(7-18-8)16(24-21-15)20-19-10-4-5-13(23)11(6-10)9(2)22;1-8-13(17-2)14-11(7-18-8)15(23-21-14)20-19-10-3-4-12(22)9(5-10)6-16;1-7-12(16-2)13-10(6-17-7)14(24-20-13)19-18-8-3-4-11(21)9(5-8)15(22)23;1-7-12(15-2)13-9(6-16-7)14(24-19-13)18-17-8-3-4-10(20)11(5-8)25(21,22)23/h4-7,23H,1-2H3;3-5,7,22H,1H3;3-6,21H,1H3,(H,22,23);3-6,20H,1H3,(H,21,22,23). The van der Waals surface area contributed by atoms with E-state index in [0.717, 1.165) is 58.3 Å². The Balaban J connectivity index is 0.000000150. The van der Waals surface area contributed by atoms with E-state index in [9.17, 15) is 38.4 Å². The topological polar surface area (TPSA) is 433 Å². The molecule has 0 atom stereocenters. The second-order valence-corrected chi connectivity index (χ2v) is 23.6. The van der Waals surface area contributed by atoms with Crippen LogP contribution < -0.4 is 0 Å². The van der Waals surface area contributed by atoms with E-state index in [1.165, 1.54) is 61.7 Å². The maximum absolute atomic E-state index is 11.5. The molecule has 12 rings (SSSR count). The predicted molar refractivity (Wildman–Crippen MR) is 354 cm³/mol. The van der Waals surface area contributed by atoms with Crippen molar-refractivity contribution in [3.63, 3.8) is 0 Å². The molecule has 31 nitrogen and oxygen atoms in total. The Morgan fingerprint density at radius 3 is 1.08 bits per heavy atom. The number of benzene rings is 4. The molecule has 0 unspecified atom stereocenters. The average Bonchev–Trinajstić information content (AvgIpc) is 1.67. The molecule has 8 heterocycles. The minimum Gasteiger partial charge on any atom is -0.507 e. The Labute approximate surface area is 556 Å². The van der Waals surface area contributed by atoms with Gasteiger partial charge in [0.25, 0.3) is 10.1 Å². The van der Waals surface area contributed by atoms with Crippen molar-refractivity contribution in [3.05, 3.63) is 183 Å². The molecule has 96 heavy (non-hydrogen) atoms. The number of azo groups is 4. The molecule has 0 amide bonds. The summed E-state index contributed by atoms with van der Waals surface area (Å²) in [6.45, 7) is 37.2. The molecule has 4 aromatic carbocycles. The molecule has 0 saturated carbocycles. The zero-order valence-electron chi connectivity index (χ0n) is 49.5. The van der Waals surface area contributed by atoms with Crippen LogP contribution in [0.15, 0.2) is 143 Å². The van der Waals surface area contributed by atoms with Gasteiger partial charge in [-0.2, -0.15) is 13.7 Å². The second-order valence-electron chi connectivity index (χ2n) is 19.2. The molecule has 36 heteroatoms. The van der Waals surface area contributed by atoms with Crippen molar-refractivity contribution >= 4 is 177 Å². The Morgan fingerprint density at radius 1 is 0.469 bits per heavy atom. The number of phenolic OH excluding ortho intramolecular Hbond substituents is 3. The molecule has 472 valence electrons. The number of rotatable bonds is 11. The fourth-order valence-corrected chi connectivity index (χ4v) is 11.5. The molecular weight excluding hydrogens is 1340 g/mol. The highest BCUT2D eigenvalue weighted by molar-refractivity contribution is 7.86. The van der Waals surface area contributed by atoms with E-state index in [0.29, 0.717) is 121 Å². The number of aromatic carboxylic acids is 1. The van der Waals surface area contributed by atoms with E-state index in [2.05, 4.69) is 97.7 Å². The zero-order valence-corrected chi connectivity index (χ0v) is 53.6. The van der Waals surface area contributed by atoms with Crippen molar-refractivity contribution in [3.8, 4) is 29.1 Å². The van der Waals surface area contributed by atoms with Crippen molar-refractivity contribution in [2.75, 3.05) is 0 Å². The molecule has 0 bridgehead atoms. The molecule has 0 spiro atoms. The summed E-state index contributed by atoms with van der Waals surface area (Å²) in [6, 6.07) is 18.0. The van der Waals surface area contributed by atoms with E-state index >= 15 is 0 Å². The number of aryl methyl sites for hydroxylation is 4. The number of nitriles is 1. The number of aromatic nitrogens is 8. The Morgan fingerprint density at radius 2 is 0.771 bits per heavy atom. The van der Waals surface area contributed by atoms with Crippen LogP contribution in [0.5, 0.6) is 23.0 Å². The van der Waals surface area contributed by atoms with Crippen LogP contribution in [0, 0.1) is 65.3 Å². The summed E-state index contributed by atoms with van der Waals surface area (Å²) in [5, 5.41) is 92.7. The van der Waals surface area contributed by atoms with Crippen LogP contribution in [0.25, 0.3) is 63.0 Å². The van der Waals surface area contributed by atoms with Gasteiger partial charge < -0.3 is 25.5 Å². The van der Waals surface area contributed by atoms with Crippen LogP contribution in [-0.4, -0.2) is 87.7 Å². The van der Waals surface area contributed by atoms with Crippen molar-refractivity contribution < 1.29 is 48.1 Å². The van der Waals surface area contributed by atoms with Crippen molar-refractivity contribution in [1.82, 2.24) is 37.4 Å². The van der Waals surface area contributed by atoms with Crippen LogP contribution in [0.2, 0.25) is 0 Å². The highest BCUT2D eigenvalue weighted by Crippen LogP contribution is 2.42. The second kappa shape index (κ2) is 29.2. The van der Waals surface area contributed by atoms with Crippen LogP contribution in [-0.2, 0) is 10.1 Å². The lowest BCUT2D eigenvalue weighted by molar-refractivity contribution is 0.0693. The fraction of sp³-hybridized carbons (Fsp3) is 0.0833. The Kier molecular flexibility index (Phi) is 20.5. The zero-order chi connectivity index (χ0) is 69.1. The Bertz CT molecular complexity index is 5460. The van der Waals surface area contributed by atoms with Gasteiger partial charge in [-0.25, -0.2) is 41.7 Å². The Hall–Kier alpha value is -12.9. The van der Waals surface area contributed by atoms with E-state index in [-0.39, 0.29) is 51.1 Å². The lowest BCUT2D eigenvalue weighted by atomic mass is 10.1. The first-order valence-electron chi connectivity index (χ1n) is 26.6. The quantitative estimate of drug-likeness (QED) is 0.0303. The molecule has 0 radical (unpaired) electrons. The van der Waals surface area contributed by atoms with Gasteiger partial charge in [-0.05, 0) is 154 Å². The van der Waals surface area contributed by atoms with Crippen LogP contribution in [0.1, 0.15) is 56.0 Å². The SMILES string of the molecule is [C-]#[N+]c1c(C)ncc2c(N=Nc3ccc(O)c(C#N)c3)snc12.[C-]#[N+]c1c(C)ncc2c(N=Nc3ccc(O)c(C(=O)O)c3)snc12.[C-]#[N+]c1c(C)ncc2c(N=Nc3ccc(O)c(C(C)=O)c3)snc12.[C-]#[N+]c1c(C)ncc2c(N=Nc3ccc(O)c(S(=O)(=O)O)c3)snc12. The van der Waals surface area contributed by atoms with E-state index in [1.54, 1.807) is 58.4 Å². The van der Waals surface area contributed by atoms with Gasteiger partial charge in [-0.15, -0.1) is 40.9 Å². The van der Waals surface area contributed by atoms with Gasteiger partial charge in [0.15, 0.2) is 25.8 Å². The number of aromatic hydroxyl groups is 4. The third-order valence-electron chi connectivity index (χ3n) is 13.0. The molecular formula is C60H37N21O10S5. The van der Waals surface area contributed by atoms with Gasteiger partial charge in [0, 0.05) is 69.1 Å². The lowest BCUT2D eigenvalue weighted by Gasteiger charge is -2.01. The molecule has 0 fully saturated rings. The van der Waals surface area contributed by atoms with E-state index in [4.69, 9.17) is 41.2 Å². The maximum Gasteiger partial charge on any atom is 0.339 e. The fourth-order valence-electron chi connectivity index (χ4n) is 8.19. The number of hydrogen-bond donors (Lipinski definition) is 6. The molecule has 0 saturated heterocycles. The van der Waals surface area contributed by atoms with Crippen LogP contribution >= 0.6 is 46.1 Å². The summed E-state index contributed by atoms with van der Waals surface area (Å²) in [7, 11) is -4.58. The summed E-state index contributed by atoms with van der Waals surface area (Å²) < 4.78 is 48.4. The number of phenols is 4. The normalized spacial score (nSPS) is 11.2. The van der Waals surface area contributed by atoms with Crippen molar-refractivity contribution in [2.24, 2.45) is 40.9 Å². The summed E-state index contributed by atoms with van der Waals surface area (Å²) in [4.78, 5) is 52.2. The first-order valence-corrected chi connectivity index (χ1v) is 31.1. The lowest BCUT2D eigenvalue weighted by Crippen LogP contribution is -1.97. The number of nitrogens with zero attached hydrogens (tertiary/aromatic N) is 21. The largest absolute Gasteiger partial charge is 0.507 e. The highest BCUT2D eigenvalue weighted by Gasteiger charge is 2.20. The predicted octanol–water partition coefficient (Wildman–Crippen LogP) is 17.7. The first-order chi connectivity index (χ1) is 46.0. The molecule has 8 aromatic heterocycles. The minimum atomic E-state index is -4.58. The summed E-state index contributed by atoms with van der Waals surface area (Å²) in [5.41, 5.74) is 7.39. The monoisotopic (exact) mass is 1370 g/mol. The van der Waals surface area contributed by atoms with E-state index in [1.807, 2.05) is 6.07 Å². The third-order valence-corrected chi connectivity index (χ3v) is 16.9. The van der Waals surface area contributed by atoms with Gasteiger partial charge in [0.2, 0.25) is 22.7 Å². The van der Waals surface area contributed by atoms with Gasteiger partial charge in [0.05, 0.1) is 82.2 Å². The molecule has 0 aliphatic carbocycles. The maximum atomic E-state index is 11.5. The van der Waals surface area contributed by atoms with Crippen molar-refractivity contribution in [1.29, 1.82) is 5.26 Å². The number of carbonyl (C=O) groups is 2. The molecule has 0 aliphatic rings.